The first-order valence-corrected chi connectivity index (χ1v) is 4.71. The second-order valence-corrected chi connectivity index (χ2v) is 3.25. The molecule has 1 rings (SSSR count). The molecule has 4 nitrogen and oxygen atoms in total. The summed E-state index contributed by atoms with van der Waals surface area (Å²) in [6.45, 7) is -0.586. The van der Waals surface area contributed by atoms with Crippen LogP contribution in [0.15, 0.2) is 18.5 Å². The lowest BCUT2D eigenvalue weighted by molar-refractivity contribution is 0.0621. The van der Waals surface area contributed by atoms with Crippen LogP contribution in [0, 0.1) is 0 Å². The van der Waals surface area contributed by atoms with Gasteiger partial charge in [0.2, 0.25) is 0 Å². The zero-order chi connectivity index (χ0) is 12.1. The van der Waals surface area contributed by atoms with Crippen LogP contribution in [0.4, 0.5) is 14.5 Å². The molecule has 0 aliphatic rings. The van der Waals surface area contributed by atoms with Crippen LogP contribution in [-0.4, -0.2) is 42.9 Å². The van der Waals surface area contributed by atoms with Crippen LogP contribution >= 0.6 is 0 Å². The number of nitrogens with zero attached hydrogens (tertiary/aromatic N) is 2. The molecular formula is C10H13F2N3O. The van der Waals surface area contributed by atoms with Crippen molar-refractivity contribution in [2.45, 2.75) is 6.43 Å². The van der Waals surface area contributed by atoms with Crippen LogP contribution in [0.25, 0.3) is 0 Å². The Labute approximate surface area is 92.3 Å². The number of aromatic nitrogens is 1. The molecule has 1 N–H and O–H groups in total. The molecule has 0 radical (unpaired) electrons. The third kappa shape index (κ3) is 2.88. The maximum atomic E-state index is 12.1. The lowest BCUT2D eigenvalue weighted by atomic mass is 10.2. The first kappa shape index (κ1) is 12.4. The quantitative estimate of drug-likeness (QED) is 0.850. The Morgan fingerprint density at radius 3 is 2.88 bits per heavy atom. The molecule has 0 unspecified atom stereocenters. The molecule has 0 saturated heterocycles. The number of hydrogen-bond acceptors (Lipinski definition) is 3. The molecule has 0 aliphatic carbocycles. The highest BCUT2D eigenvalue weighted by Crippen LogP contribution is 2.15. The lowest BCUT2D eigenvalue weighted by Crippen LogP contribution is -2.31. The van der Waals surface area contributed by atoms with E-state index in [4.69, 9.17) is 0 Å². The van der Waals surface area contributed by atoms with Crippen LogP contribution < -0.4 is 5.32 Å². The largest absolute Gasteiger partial charge is 0.387 e. The maximum Gasteiger partial charge on any atom is 0.257 e. The van der Waals surface area contributed by atoms with Crippen LogP contribution in [0.2, 0.25) is 0 Å². The van der Waals surface area contributed by atoms with Crippen molar-refractivity contribution in [2.24, 2.45) is 0 Å². The molecule has 0 saturated carbocycles. The minimum atomic E-state index is -2.54. The third-order valence-electron chi connectivity index (χ3n) is 2.08. The minimum Gasteiger partial charge on any atom is -0.387 e. The highest BCUT2D eigenvalue weighted by atomic mass is 19.3. The van der Waals surface area contributed by atoms with E-state index in [2.05, 4.69) is 10.3 Å². The van der Waals surface area contributed by atoms with E-state index >= 15 is 0 Å². The zero-order valence-electron chi connectivity index (χ0n) is 9.08. The van der Waals surface area contributed by atoms with E-state index in [1.54, 1.807) is 13.1 Å². The van der Waals surface area contributed by atoms with E-state index in [1.807, 2.05) is 0 Å². The van der Waals surface area contributed by atoms with Crippen molar-refractivity contribution in [1.29, 1.82) is 0 Å². The minimum absolute atomic E-state index is 0.285. The number of rotatable bonds is 4. The fourth-order valence-corrected chi connectivity index (χ4v) is 1.28. The fourth-order valence-electron chi connectivity index (χ4n) is 1.28. The topological polar surface area (TPSA) is 45.2 Å². The number of amides is 1. The highest BCUT2D eigenvalue weighted by molar-refractivity contribution is 5.99. The lowest BCUT2D eigenvalue weighted by Gasteiger charge is -2.17. The van der Waals surface area contributed by atoms with E-state index in [0.29, 0.717) is 5.69 Å². The Kier molecular flexibility index (Phi) is 4.16. The summed E-state index contributed by atoms with van der Waals surface area (Å²) in [5, 5.41) is 2.81. The Morgan fingerprint density at radius 1 is 1.62 bits per heavy atom. The summed E-state index contributed by atoms with van der Waals surface area (Å²) >= 11 is 0. The van der Waals surface area contributed by atoms with Gasteiger partial charge in [0.15, 0.2) is 0 Å². The first-order chi connectivity index (χ1) is 7.56. The molecule has 0 spiro atoms. The van der Waals surface area contributed by atoms with Gasteiger partial charge in [-0.05, 0) is 6.07 Å². The summed E-state index contributed by atoms with van der Waals surface area (Å²) in [6.07, 6.45) is 0.343. The van der Waals surface area contributed by atoms with Crippen molar-refractivity contribution in [3.8, 4) is 0 Å². The molecule has 1 aromatic heterocycles. The molecule has 0 fully saturated rings. The van der Waals surface area contributed by atoms with Crippen molar-refractivity contribution >= 4 is 11.6 Å². The van der Waals surface area contributed by atoms with Gasteiger partial charge < -0.3 is 10.2 Å². The first-order valence-electron chi connectivity index (χ1n) is 4.71. The number of pyridine rings is 1. The zero-order valence-corrected chi connectivity index (χ0v) is 9.08. The number of carbonyl (C=O) groups excluding carboxylic acids is 1. The average Bonchev–Trinajstić information content (AvgIpc) is 2.27. The van der Waals surface area contributed by atoms with Crippen molar-refractivity contribution < 1.29 is 13.6 Å². The molecule has 0 atom stereocenters. The second kappa shape index (κ2) is 5.39. The summed E-state index contributed by atoms with van der Waals surface area (Å²) in [6, 6.07) is 1.61. The SMILES string of the molecule is CNc1ccncc1C(=O)N(C)CC(F)F. The van der Waals surface area contributed by atoms with Crippen molar-refractivity contribution in [3.05, 3.63) is 24.0 Å². The van der Waals surface area contributed by atoms with Crippen molar-refractivity contribution in [1.82, 2.24) is 9.88 Å². The highest BCUT2D eigenvalue weighted by Gasteiger charge is 2.18. The van der Waals surface area contributed by atoms with Gasteiger partial charge in [0, 0.05) is 32.2 Å². The van der Waals surface area contributed by atoms with Gasteiger partial charge in [0.05, 0.1) is 12.1 Å². The monoisotopic (exact) mass is 229 g/mol. The fraction of sp³-hybridized carbons (Fsp3) is 0.400. The van der Waals surface area contributed by atoms with E-state index in [-0.39, 0.29) is 5.56 Å². The molecule has 88 valence electrons. The van der Waals surface area contributed by atoms with Crippen molar-refractivity contribution in [3.63, 3.8) is 0 Å². The number of alkyl halides is 2. The molecule has 0 bridgehead atoms. The molecule has 1 heterocycles. The molecule has 6 heteroatoms. The molecule has 0 aliphatic heterocycles. The molecular weight excluding hydrogens is 216 g/mol. The van der Waals surface area contributed by atoms with E-state index in [1.165, 1.54) is 19.4 Å². The Balaban J connectivity index is 2.87. The molecule has 1 amide bonds. The molecule has 0 aromatic carbocycles. The molecule has 1 aromatic rings. The van der Waals surface area contributed by atoms with Gasteiger partial charge in [0.1, 0.15) is 0 Å². The van der Waals surface area contributed by atoms with E-state index in [9.17, 15) is 13.6 Å². The van der Waals surface area contributed by atoms with Gasteiger partial charge in [0.25, 0.3) is 12.3 Å². The summed E-state index contributed by atoms with van der Waals surface area (Å²) < 4.78 is 24.2. The summed E-state index contributed by atoms with van der Waals surface area (Å²) in [4.78, 5) is 16.5. The second-order valence-electron chi connectivity index (χ2n) is 3.25. The Bertz CT molecular complexity index is 371. The number of hydrogen-bond donors (Lipinski definition) is 1. The van der Waals surface area contributed by atoms with Gasteiger partial charge in [-0.25, -0.2) is 8.78 Å². The number of carbonyl (C=O) groups is 1. The number of anilines is 1. The normalized spacial score (nSPS) is 10.3. The standard InChI is InChI=1S/C10H13F2N3O/c1-13-8-3-4-14-5-7(8)10(16)15(2)6-9(11)12/h3-5,9H,6H2,1-2H3,(H,13,14). The van der Waals surface area contributed by atoms with Gasteiger partial charge >= 0.3 is 0 Å². The van der Waals surface area contributed by atoms with Crippen LogP contribution in [-0.2, 0) is 0 Å². The summed E-state index contributed by atoms with van der Waals surface area (Å²) in [5.41, 5.74) is 0.856. The summed E-state index contributed by atoms with van der Waals surface area (Å²) in [5.74, 6) is -0.474. The predicted octanol–water partition coefficient (Wildman–Crippen LogP) is 1.46. The Hall–Kier alpha value is -1.72. The van der Waals surface area contributed by atoms with Crippen LogP contribution in [0.5, 0.6) is 0 Å². The van der Waals surface area contributed by atoms with Gasteiger partial charge in [-0.1, -0.05) is 0 Å². The van der Waals surface area contributed by atoms with Crippen LogP contribution in [0.1, 0.15) is 10.4 Å². The summed E-state index contributed by atoms with van der Waals surface area (Å²) in [7, 11) is 2.99. The smallest absolute Gasteiger partial charge is 0.257 e. The third-order valence-corrected chi connectivity index (χ3v) is 2.08. The van der Waals surface area contributed by atoms with E-state index < -0.39 is 18.9 Å². The van der Waals surface area contributed by atoms with E-state index in [0.717, 1.165) is 4.90 Å². The molecule has 16 heavy (non-hydrogen) atoms. The van der Waals surface area contributed by atoms with Crippen molar-refractivity contribution in [2.75, 3.05) is 26.0 Å². The van der Waals surface area contributed by atoms with Gasteiger partial charge in [-0.15, -0.1) is 0 Å². The Morgan fingerprint density at radius 2 is 2.31 bits per heavy atom. The number of nitrogens with one attached hydrogen (secondary N) is 1. The number of halogens is 2. The van der Waals surface area contributed by atoms with Gasteiger partial charge in [-0.2, -0.15) is 0 Å². The predicted molar refractivity (Wildman–Crippen MR) is 56.7 cm³/mol. The average molecular weight is 229 g/mol. The van der Waals surface area contributed by atoms with Gasteiger partial charge in [-0.3, -0.25) is 9.78 Å². The van der Waals surface area contributed by atoms with Crippen LogP contribution in [0.3, 0.4) is 0 Å². The maximum absolute atomic E-state index is 12.1.